The van der Waals surface area contributed by atoms with E-state index in [1.807, 2.05) is 0 Å². The van der Waals surface area contributed by atoms with Crippen LogP contribution in [0.4, 0.5) is 10.5 Å². The first-order valence-electron chi connectivity index (χ1n) is 12.5. The summed E-state index contributed by atoms with van der Waals surface area (Å²) in [4.78, 5) is 26.2. The van der Waals surface area contributed by atoms with Gasteiger partial charge in [-0.05, 0) is 70.3 Å². The lowest BCUT2D eigenvalue weighted by atomic mass is 9.89. The number of anilines is 1. The highest BCUT2D eigenvalue weighted by Crippen LogP contribution is 2.51. The number of ether oxygens (including phenoxy) is 3. The molecule has 2 saturated carbocycles. The molecule has 2 aliphatic rings. The topological polar surface area (TPSA) is 129 Å². The molecule has 11 nitrogen and oxygen atoms in total. The van der Waals surface area contributed by atoms with Crippen LogP contribution in [0.5, 0.6) is 5.88 Å². The van der Waals surface area contributed by atoms with E-state index in [9.17, 15) is 9.59 Å². The van der Waals surface area contributed by atoms with E-state index in [1.165, 1.54) is 7.11 Å². The number of nitrogens with zero attached hydrogens (tertiary/aromatic N) is 4. The maximum absolute atomic E-state index is 13.5. The second kappa shape index (κ2) is 11.2. The maximum atomic E-state index is 13.5. The molecule has 0 aliphatic heterocycles. The van der Waals surface area contributed by atoms with Crippen molar-refractivity contribution < 1.29 is 23.8 Å². The van der Waals surface area contributed by atoms with Crippen molar-refractivity contribution in [3.8, 4) is 5.88 Å². The molecule has 37 heavy (non-hydrogen) atoms. The van der Waals surface area contributed by atoms with E-state index in [2.05, 4.69) is 25.9 Å². The molecule has 202 valence electrons. The standard InChI is InChI=1S/C25H35ClN6O5/c1-25(2,3)37-24(34)29-21(20(14-6-7-14)15-8-9-15)22(33)28-16-11-27-32(12-16)18(13-35-4)17-10-19(26)30-31-23(17)36-5/h10-12,14-15,18,20-21H,6-9,13H2,1-5H3,(H,28,33)(H,29,34). The lowest BCUT2D eigenvalue weighted by molar-refractivity contribution is -0.120. The van der Waals surface area contributed by atoms with E-state index >= 15 is 0 Å². The number of methoxy groups -OCH3 is 2. The van der Waals surface area contributed by atoms with Crippen LogP contribution < -0.4 is 15.4 Å². The summed E-state index contributed by atoms with van der Waals surface area (Å²) < 4.78 is 17.9. The van der Waals surface area contributed by atoms with E-state index in [1.54, 1.807) is 51.0 Å². The highest BCUT2D eigenvalue weighted by molar-refractivity contribution is 6.29. The quantitative estimate of drug-likeness (QED) is 0.445. The Hall–Kier alpha value is -2.92. The van der Waals surface area contributed by atoms with Crippen LogP contribution in [0, 0.1) is 17.8 Å². The van der Waals surface area contributed by atoms with Crippen LogP contribution in [0.1, 0.15) is 58.1 Å². The number of carbonyl (C=O) groups is 2. The summed E-state index contributed by atoms with van der Waals surface area (Å²) in [5, 5.41) is 18.3. The zero-order valence-electron chi connectivity index (χ0n) is 21.9. The number of hydrogen-bond donors (Lipinski definition) is 2. The molecule has 12 heteroatoms. The number of halogens is 1. The zero-order valence-corrected chi connectivity index (χ0v) is 22.6. The lowest BCUT2D eigenvalue weighted by Crippen LogP contribution is -2.51. The van der Waals surface area contributed by atoms with Crippen molar-refractivity contribution in [3.63, 3.8) is 0 Å². The van der Waals surface area contributed by atoms with E-state index in [0.717, 1.165) is 25.7 Å². The molecule has 2 atom stereocenters. The summed E-state index contributed by atoms with van der Waals surface area (Å²) in [7, 11) is 3.07. The molecular weight excluding hydrogens is 500 g/mol. The maximum Gasteiger partial charge on any atom is 0.408 e. The number of aromatic nitrogens is 4. The van der Waals surface area contributed by atoms with E-state index < -0.39 is 23.8 Å². The van der Waals surface area contributed by atoms with Crippen LogP contribution in [0.2, 0.25) is 5.15 Å². The number of amides is 2. The van der Waals surface area contributed by atoms with Crippen molar-refractivity contribution in [1.82, 2.24) is 25.3 Å². The fourth-order valence-corrected chi connectivity index (χ4v) is 4.84. The molecule has 2 unspecified atom stereocenters. The molecule has 0 bridgehead atoms. The predicted octanol–water partition coefficient (Wildman–Crippen LogP) is 3.84. The first-order chi connectivity index (χ1) is 17.6. The Balaban J connectivity index is 1.54. The van der Waals surface area contributed by atoms with Crippen molar-refractivity contribution in [2.75, 3.05) is 26.1 Å². The van der Waals surface area contributed by atoms with Gasteiger partial charge in [0.2, 0.25) is 11.8 Å². The van der Waals surface area contributed by atoms with Crippen molar-refractivity contribution in [2.45, 2.75) is 64.1 Å². The summed E-state index contributed by atoms with van der Waals surface area (Å²) in [5.41, 5.74) is 0.458. The van der Waals surface area contributed by atoms with Gasteiger partial charge in [-0.15, -0.1) is 10.2 Å². The van der Waals surface area contributed by atoms with Gasteiger partial charge in [-0.3, -0.25) is 9.48 Å². The molecule has 0 radical (unpaired) electrons. The molecule has 2 N–H and O–H groups in total. The normalized spacial score (nSPS) is 17.3. The number of carbonyl (C=O) groups excluding carboxylic acids is 2. The van der Waals surface area contributed by atoms with Crippen molar-refractivity contribution in [3.05, 3.63) is 29.2 Å². The lowest BCUT2D eigenvalue weighted by Gasteiger charge is -2.28. The Labute approximate surface area is 221 Å². The van der Waals surface area contributed by atoms with E-state index in [4.69, 9.17) is 25.8 Å². The zero-order chi connectivity index (χ0) is 26.7. The summed E-state index contributed by atoms with van der Waals surface area (Å²) in [6.45, 7) is 5.65. The molecule has 2 amide bonds. The van der Waals surface area contributed by atoms with E-state index in [0.29, 0.717) is 29.0 Å². The van der Waals surface area contributed by atoms with Gasteiger partial charge in [-0.2, -0.15) is 5.10 Å². The van der Waals surface area contributed by atoms with Crippen LogP contribution in [0.15, 0.2) is 18.5 Å². The molecule has 0 spiro atoms. The Morgan fingerprint density at radius 1 is 1.16 bits per heavy atom. The average Bonchev–Trinajstić information content (AvgIpc) is 3.76. The van der Waals surface area contributed by atoms with Crippen LogP contribution in [-0.4, -0.2) is 64.4 Å². The molecule has 2 aromatic heterocycles. The third-order valence-electron chi connectivity index (χ3n) is 6.50. The number of alkyl carbamates (subject to hydrolysis) is 1. The fourth-order valence-electron chi connectivity index (χ4n) is 4.69. The van der Waals surface area contributed by atoms with Crippen LogP contribution in [-0.2, 0) is 14.3 Å². The van der Waals surface area contributed by atoms with Crippen molar-refractivity contribution in [1.29, 1.82) is 0 Å². The Bertz CT molecular complexity index is 1100. The van der Waals surface area contributed by atoms with Gasteiger partial charge < -0.3 is 24.8 Å². The second-order valence-corrected chi connectivity index (χ2v) is 11.1. The molecule has 0 saturated heterocycles. The van der Waals surface area contributed by atoms with Gasteiger partial charge in [0.05, 0.1) is 25.6 Å². The number of nitrogens with one attached hydrogen (secondary N) is 2. The molecule has 4 rings (SSSR count). The predicted molar refractivity (Wildman–Crippen MR) is 137 cm³/mol. The second-order valence-electron chi connectivity index (χ2n) is 10.7. The van der Waals surface area contributed by atoms with Gasteiger partial charge in [-0.1, -0.05) is 11.6 Å². The first kappa shape index (κ1) is 27.1. The monoisotopic (exact) mass is 534 g/mol. The third kappa shape index (κ3) is 7.10. The highest BCUT2D eigenvalue weighted by atomic mass is 35.5. The summed E-state index contributed by atoms with van der Waals surface area (Å²) >= 11 is 6.09. The molecule has 2 fully saturated rings. The number of rotatable bonds is 11. The Kier molecular flexibility index (Phi) is 8.23. The SMILES string of the molecule is COCC(c1cc(Cl)nnc1OC)n1cc(NC(=O)C(NC(=O)OC(C)(C)C)C(C2CC2)C2CC2)cn1. The molecule has 2 aliphatic carbocycles. The smallest absolute Gasteiger partial charge is 0.408 e. The van der Waals surface area contributed by atoms with Gasteiger partial charge in [0, 0.05) is 18.9 Å². The van der Waals surface area contributed by atoms with Crippen molar-refractivity contribution >= 4 is 29.3 Å². The van der Waals surface area contributed by atoms with Gasteiger partial charge in [0.15, 0.2) is 5.15 Å². The molecule has 2 heterocycles. The minimum atomic E-state index is -0.698. The van der Waals surface area contributed by atoms with Gasteiger partial charge in [0.1, 0.15) is 17.7 Å². The summed E-state index contributed by atoms with van der Waals surface area (Å²) in [5.74, 6) is 0.958. The van der Waals surface area contributed by atoms with Crippen molar-refractivity contribution in [2.24, 2.45) is 17.8 Å². The summed E-state index contributed by atoms with van der Waals surface area (Å²) in [6.07, 6.45) is 6.94. The van der Waals surface area contributed by atoms with E-state index in [-0.39, 0.29) is 23.6 Å². The van der Waals surface area contributed by atoms with Crippen LogP contribution >= 0.6 is 11.6 Å². The van der Waals surface area contributed by atoms with Crippen LogP contribution in [0.25, 0.3) is 0 Å². The highest BCUT2D eigenvalue weighted by Gasteiger charge is 2.48. The minimum Gasteiger partial charge on any atom is -0.480 e. The molecular formula is C25H35ClN6O5. The number of hydrogen-bond acceptors (Lipinski definition) is 8. The largest absolute Gasteiger partial charge is 0.480 e. The molecule has 0 aromatic carbocycles. The summed E-state index contributed by atoms with van der Waals surface area (Å²) in [6, 6.07) is 0.518. The Morgan fingerprint density at radius 2 is 1.84 bits per heavy atom. The van der Waals surface area contributed by atoms with Gasteiger partial charge >= 0.3 is 6.09 Å². The van der Waals surface area contributed by atoms with Gasteiger partial charge in [-0.25, -0.2) is 4.79 Å². The third-order valence-corrected chi connectivity index (χ3v) is 6.68. The van der Waals surface area contributed by atoms with Gasteiger partial charge in [0.25, 0.3) is 0 Å². The Morgan fingerprint density at radius 3 is 2.41 bits per heavy atom. The first-order valence-corrected chi connectivity index (χ1v) is 12.9. The average molecular weight is 535 g/mol. The minimum absolute atomic E-state index is 0.0816. The fraction of sp³-hybridized carbons (Fsp3) is 0.640. The molecule has 2 aromatic rings. The van der Waals surface area contributed by atoms with Crippen LogP contribution in [0.3, 0.4) is 0 Å².